The topological polar surface area (TPSA) is 75.6 Å². The Morgan fingerprint density at radius 1 is 1.31 bits per heavy atom. The van der Waals surface area contributed by atoms with Crippen molar-refractivity contribution in [1.82, 2.24) is 15.0 Å². The minimum absolute atomic E-state index is 0.0794. The maximum Gasteiger partial charge on any atom is 0.286 e. The van der Waals surface area contributed by atoms with Gasteiger partial charge in [0.05, 0.1) is 5.69 Å². The number of thiazole rings is 1. The SMILES string of the molecule is CN(C(=O)C1CCCCC1)c1nc(-c2cc([NH2+]CC(F)F)ncn2)cs1. The van der Waals surface area contributed by atoms with Gasteiger partial charge in [0.2, 0.25) is 11.7 Å². The first kappa shape index (κ1) is 18.8. The van der Waals surface area contributed by atoms with Crippen LogP contribution in [-0.2, 0) is 4.79 Å². The van der Waals surface area contributed by atoms with Gasteiger partial charge in [0.1, 0.15) is 18.6 Å². The molecule has 3 rings (SSSR count). The number of nitrogens with two attached hydrogens (primary N) is 1. The molecule has 26 heavy (non-hydrogen) atoms. The molecule has 1 aliphatic carbocycles. The van der Waals surface area contributed by atoms with E-state index in [0.29, 0.717) is 22.3 Å². The normalized spacial score (nSPS) is 15.4. The van der Waals surface area contributed by atoms with Gasteiger partial charge in [0, 0.05) is 24.4 Å². The quantitative estimate of drug-likeness (QED) is 0.833. The van der Waals surface area contributed by atoms with E-state index in [4.69, 9.17) is 0 Å². The Balaban J connectivity index is 1.71. The average Bonchev–Trinajstić information content (AvgIpc) is 3.16. The van der Waals surface area contributed by atoms with Gasteiger partial charge < -0.3 is 0 Å². The molecule has 0 aliphatic heterocycles. The summed E-state index contributed by atoms with van der Waals surface area (Å²) in [6.07, 6.45) is 4.22. The minimum atomic E-state index is -2.40. The molecule has 2 aromatic heterocycles. The zero-order valence-corrected chi connectivity index (χ0v) is 15.4. The third-order valence-corrected chi connectivity index (χ3v) is 5.44. The smallest absolute Gasteiger partial charge is 0.286 e. The molecule has 1 amide bonds. The van der Waals surface area contributed by atoms with Crippen LogP contribution in [0.4, 0.5) is 19.7 Å². The molecule has 0 atom stereocenters. The minimum Gasteiger partial charge on any atom is -0.293 e. The fraction of sp³-hybridized carbons (Fsp3) is 0.529. The number of hydrogen-bond donors (Lipinski definition) is 1. The third kappa shape index (κ3) is 4.59. The summed E-state index contributed by atoms with van der Waals surface area (Å²) < 4.78 is 24.7. The monoisotopic (exact) mass is 382 g/mol. The highest BCUT2D eigenvalue weighted by molar-refractivity contribution is 7.14. The van der Waals surface area contributed by atoms with E-state index in [-0.39, 0.29) is 18.4 Å². The van der Waals surface area contributed by atoms with E-state index in [1.807, 2.05) is 5.38 Å². The first-order valence-electron chi connectivity index (χ1n) is 8.71. The van der Waals surface area contributed by atoms with Crippen LogP contribution >= 0.6 is 11.3 Å². The second-order valence-corrected chi connectivity index (χ2v) is 7.24. The number of halogens is 2. The number of aromatic nitrogens is 3. The standard InChI is InChI=1S/C17H21F2N5OS/c1-24(16(25)11-5-3-2-4-6-11)17-23-13(9-26-17)12-7-15(22-10-21-12)20-8-14(18)19/h7,9-11,14H,2-6,8H2,1H3,(H,20,21,22)/p+1. The van der Waals surface area contributed by atoms with E-state index >= 15 is 0 Å². The summed E-state index contributed by atoms with van der Waals surface area (Å²) >= 11 is 1.37. The van der Waals surface area contributed by atoms with Crippen molar-refractivity contribution in [2.24, 2.45) is 5.92 Å². The zero-order valence-electron chi connectivity index (χ0n) is 14.6. The van der Waals surface area contributed by atoms with Crippen LogP contribution in [0.2, 0.25) is 0 Å². The van der Waals surface area contributed by atoms with Crippen molar-refractivity contribution in [3.05, 3.63) is 17.8 Å². The molecular weight excluding hydrogens is 360 g/mol. The largest absolute Gasteiger partial charge is 0.293 e. The number of anilines is 1. The first-order chi connectivity index (χ1) is 12.5. The predicted octanol–water partition coefficient (Wildman–Crippen LogP) is 2.60. The van der Waals surface area contributed by atoms with Gasteiger partial charge in [-0.15, -0.1) is 11.3 Å². The summed E-state index contributed by atoms with van der Waals surface area (Å²) in [4.78, 5) is 26.9. The molecule has 0 radical (unpaired) electrons. The van der Waals surface area contributed by atoms with Gasteiger partial charge in [-0.05, 0) is 12.8 Å². The Hall–Kier alpha value is -2.00. The molecule has 9 heteroatoms. The van der Waals surface area contributed by atoms with Crippen molar-refractivity contribution in [3.8, 4) is 11.4 Å². The van der Waals surface area contributed by atoms with Crippen LogP contribution in [0.5, 0.6) is 0 Å². The van der Waals surface area contributed by atoms with Crippen molar-refractivity contribution in [2.45, 2.75) is 38.5 Å². The molecule has 6 nitrogen and oxygen atoms in total. The molecule has 1 aliphatic rings. The number of rotatable bonds is 6. The van der Waals surface area contributed by atoms with Gasteiger partial charge >= 0.3 is 0 Å². The Kier molecular flexibility index (Phi) is 6.20. The van der Waals surface area contributed by atoms with Crippen molar-refractivity contribution >= 4 is 28.2 Å². The second kappa shape index (κ2) is 8.59. The maximum absolute atomic E-state index is 12.6. The predicted molar refractivity (Wildman–Crippen MR) is 95.6 cm³/mol. The molecule has 0 spiro atoms. The fourth-order valence-corrected chi connectivity index (χ4v) is 3.88. The number of carbonyl (C=O) groups excluding carboxylic acids is 1. The maximum atomic E-state index is 12.6. The highest BCUT2D eigenvalue weighted by atomic mass is 32.1. The van der Waals surface area contributed by atoms with E-state index in [1.54, 1.807) is 18.0 Å². The number of amides is 1. The molecular formula is C17H22F2N5OS+. The summed E-state index contributed by atoms with van der Waals surface area (Å²) in [5, 5.41) is 3.81. The lowest BCUT2D eigenvalue weighted by atomic mass is 9.88. The average molecular weight is 382 g/mol. The van der Waals surface area contributed by atoms with Gasteiger partial charge in [-0.25, -0.2) is 18.7 Å². The van der Waals surface area contributed by atoms with Gasteiger partial charge in [-0.2, -0.15) is 4.98 Å². The van der Waals surface area contributed by atoms with E-state index in [0.717, 1.165) is 25.7 Å². The van der Waals surface area contributed by atoms with Gasteiger partial charge in [-0.3, -0.25) is 15.0 Å². The summed E-state index contributed by atoms with van der Waals surface area (Å²) in [5.74, 6) is 0.631. The van der Waals surface area contributed by atoms with Crippen LogP contribution < -0.4 is 10.2 Å². The second-order valence-electron chi connectivity index (χ2n) is 6.41. The third-order valence-electron chi connectivity index (χ3n) is 4.52. The van der Waals surface area contributed by atoms with Crippen LogP contribution in [0.3, 0.4) is 0 Å². The Morgan fingerprint density at radius 3 is 2.81 bits per heavy atom. The van der Waals surface area contributed by atoms with Crippen molar-refractivity contribution in [2.75, 3.05) is 18.5 Å². The van der Waals surface area contributed by atoms with Crippen LogP contribution in [0, 0.1) is 5.92 Å². The van der Waals surface area contributed by atoms with Crippen LogP contribution in [0.1, 0.15) is 32.1 Å². The van der Waals surface area contributed by atoms with E-state index < -0.39 is 6.43 Å². The van der Waals surface area contributed by atoms with Crippen LogP contribution in [0.25, 0.3) is 11.4 Å². The van der Waals surface area contributed by atoms with Crippen LogP contribution in [0.15, 0.2) is 17.8 Å². The van der Waals surface area contributed by atoms with Gasteiger partial charge in [0.15, 0.2) is 5.13 Å². The van der Waals surface area contributed by atoms with Gasteiger partial charge in [-0.1, -0.05) is 19.3 Å². The number of carbonyl (C=O) groups is 1. The summed E-state index contributed by atoms with van der Waals surface area (Å²) in [6, 6.07) is 1.63. The molecule has 1 saturated carbocycles. The molecule has 0 unspecified atom stereocenters. The zero-order chi connectivity index (χ0) is 18.5. The Labute approximate surface area is 154 Å². The number of alkyl halides is 2. The summed E-state index contributed by atoms with van der Waals surface area (Å²) in [7, 11) is 1.75. The number of nitrogens with zero attached hydrogens (tertiary/aromatic N) is 4. The Morgan fingerprint density at radius 2 is 2.08 bits per heavy atom. The number of quaternary nitrogens is 1. The summed E-state index contributed by atoms with van der Waals surface area (Å²) in [6.45, 7) is -0.350. The van der Waals surface area contributed by atoms with Crippen LogP contribution in [-0.4, -0.2) is 40.9 Å². The lowest BCUT2D eigenvalue weighted by molar-refractivity contribution is -0.585. The molecule has 2 aromatic rings. The molecule has 1 fully saturated rings. The fourth-order valence-electron chi connectivity index (χ4n) is 3.09. The number of hydrogen-bond acceptors (Lipinski definition) is 5. The highest BCUT2D eigenvalue weighted by Crippen LogP contribution is 2.30. The molecule has 0 saturated heterocycles. The molecule has 0 bridgehead atoms. The van der Waals surface area contributed by atoms with E-state index in [2.05, 4.69) is 15.0 Å². The highest BCUT2D eigenvalue weighted by Gasteiger charge is 2.26. The molecule has 2 heterocycles. The lowest BCUT2D eigenvalue weighted by Crippen LogP contribution is -2.80. The lowest BCUT2D eigenvalue weighted by Gasteiger charge is -2.24. The molecule has 140 valence electrons. The van der Waals surface area contributed by atoms with E-state index in [9.17, 15) is 13.6 Å². The summed E-state index contributed by atoms with van der Waals surface area (Å²) in [5.41, 5.74) is 1.17. The molecule has 0 aromatic carbocycles. The van der Waals surface area contributed by atoms with E-state index in [1.165, 1.54) is 29.4 Å². The molecule has 2 N–H and O–H groups in total. The van der Waals surface area contributed by atoms with Crippen molar-refractivity contribution < 1.29 is 18.9 Å². The van der Waals surface area contributed by atoms with Crippen molar-refractivity contribution in [3.63, 3.8) is 0 Å². The van der Waals surface area contributed by atoms with Gasteiger partial charge in [0.25, 0.3) is 6.43 Å². The van der Waals surface area contributed by atoms with Crippen molar-refractivity contribution in [1.29, 1.82) is 0 Å². The first-order valence-corrected chi connectivity index (χ1v) is 9.59. The Bertz CT molecular complexity index is 748.